The first-order chi connectivity index (χ1) is 6.65. The Morgan fingerprint density at radius 3 is 2.86 bits per heavy atom. The molecule has 2 bridgehead atoms. The summed E-state index contributed by atoms with van der Waals surface area (Å²) in [6, 6.07) is 0.409. The lowest BCUT2D eigenvalue weighted by Crippen LogP contribution is -2.43. The predicted molar refractivity (Wildman–Crippen MR) is 56.5 cm³/mol. The molecule has 0 spiro atoms. The minimum absolute atomic E-state index is 0.158. The molecule has 2 heterocycles. The minimum Gasteiger partial charge on any atom is -0.212 e. The fourth-order valence-electron chi connectivity index (χ4n) is 2.48. The van der Waals surface area contributed by atoms with E-state index in [1.807, 2.05) is 6.92 Å². The van der Waals surface area contributed by atoms with Gasteiger partial charge in [-0.3, -0.25) is 0 Å². The number of rotatable bonds is 3. The molecule has 0 aromatic heterocycles. The Kier molecular flexibility index (Phi) is 2.66. The zero-order chi connectivity index (χ0) is 10.2. The van der Waals surface area contributed by atoms with Crippen molar-refractivity contribution in [2.24, 2.45) is 0 Å². The number of fused-ring (bicyclic) bond motifs is 2. The molecule has 2 aliphatic rings. The van der Waals surface area contributed by atoms with E-state index in [0.717, 1.165) is 19.3 Å². The third-order valence-corrected chi connectivity index (χ3v) is 5.17. The molecule has 80 valence electrons. The highest BCUT2D eigenvalue weighted by Gasteiger charge is 2.40. The van der Waals surface area contributed by atoms with Crippen LogP contribution in [0.2, 0.25) is 0 Å². The van der Waals surface area contributed by atoms with Crippen LogP contribution in [0.5, 0.6) is 0 Å². The van der Waals surface area contributed by atoms with Crippen LogP contribution in [0.1, 0.15) is 32.6 Å². The molecule has 0 amide bonds. The second kappa shape index (κ2) is 3.66. The second-order valence-electron chi connectivity index (χ2n) is 4.11. The topological polar surface area (TPSA) is 37.4 Å². The van der Waals surface area contributed by atoms with Crippen LogP contribution in [0.25, 0.3) is 0 Å². The van der Waals surface area contributed by atoms with Crippen molar-refractivity contribution < 1.29 is 8.42 Å². The number of hydrogen-bond donors (Lipinski definition) is 0. The van der Waals surface area contributed by atoms with E-state index in [1.165, 1.54) is 0 Å². The van der Waals surface area contributed by atoms with E-state index < -0.39 is 10.0 Å². The van der Waals surface area contributed by atoms with E-state index in [0.29, 0.717) is 12.2 Å². The van der Waals surface area contributed by atoms with Crippen molar-refractivity contribution >= 4 is 10.0 Å². The van der Waals surface area contributed by atoms with Crippen molar-refractivity contribution in [2.75, 3.05) is 5.75 Å². The van der Waals surface area contributed by atoms with Crippen LogP contribution in [0.3, 0.4) is 0 Å². The van der Waals surface area contributed by atoms with Gasteiger partial charge in [0, 0.05) is 12.1 Å². The fourth-order valence-corrected chi connectivity index (χ4v) is 4.44. The zero-order valence-corrected chi connectivity index (χ0v) is 9.33. The second-order valence-corrected chi connectivity index (χ2v) is 6.10. The van der Waals surface area contributed by atoms with E-state index >= 15 is 0 Å². The summed E-state index contributed by atoms with van der Waals surface area (Å²) in [5.41, 5.74) is 0. The standard InChI is InChI=1S/C10H17NO2S/c1-2-8-14(12,13)11-9-4-3-5-10(11)7-6-9/h3-4,9-10H,2,5-8H2,1H3. The van der Waals surface area contributed by atoms with E-state index in [2.05, 4.69) is 12.2 Å². The van der Waals surface area contributed by atoms with Crippen LogP contribution in [0.4, 0.5) is 0 Å². The SMILES string of the molecule is CCCS(=O)(=O)N1C2C=CCC1CC2. The summed E-state index contributed by atoms with van der Waals surface area (Å²) in [7, 11) is -2.99. The Bertz CT molecular complexity index is 334. The van der Waals surface area contributed by atoms with Gasteiger partial charge in [0.25, 0.3) is 0 Å². The highest BCUT2D eigenvalue weighted by molar-refractivity contribution is 7.89. The Labute approximate surface area is 85.8 Å². The van der Waals surface area contributed by atoms with Crippen molar-refractivity contribution in [1.82, 2.24) is 4.31 Å². The highest BCUT2D eigenvalue weighted by atomic mass is 32.2. The summed E-state index contributed by atoms with van der Waals surface area (Å²) in [5, 5.41) is 0. The van der Waals surface area contributed by atoms with Crippen LogP contribution >= 0.6 is 0 Å². The monoisotopic (exact) mass is 215 g/mol. The van der Waals surface area contributed by atoms with Gasteiger partial charge in [-0.2, -0.15) is 4.31 Å². The maximum Gasteiger partial charge on any atom is 0.214 e. The van der Waals surface area contributed by atoms with Crippen molar-refractivity contribution in [3.8, 4) is 0 Å². The third-order valence-electron chi connectivity index (χ3n) is 3.03. The van der Waals surface area contributed by atoms with Gasteiger partial charge in [-0.15, -0.1) is 0 Å². The lowest BCUT2D eigenvalue weighted by atomic mass is 10.2. The Balaban J connectivity index is 2.23. The molecule has 2 rings (SSSR count). The van der Waals surface area contributed by atoms with Crippen molar-refractivity contribution in [3.05, 3.63) is 12.2 Å². The largest absolute Gasteiger partial charge is 0.214 e. The summed E-state index contributed by atoms with van der Waals surface area (Å²) < 4.78 is 25.6. The lowest BCUT2D eigenvalue weighted by molar-refractivity contribution is 0.341. The number of hydrogen-bond acceptors (Lipinski definition) is 2. The van der Waals surface area contributed by atoms with Gasteiger partial charge >= 0.3 is 0 Å². The first kappa shape index (κ1) is 10.2. The Hall–Kier alpha value is -0.350. The number of nitrogens with zero attached hydrogens (tertiary/aromatic N) is 1. The molecular formula is C10H17NO2S. The van der Waals surface area contributed by atoms with Gasteiger partial charge in [-0.05, 0) is 25.7 Å². The van der Waals surface area contributed by atoms with Gasteiger partial charge in [0.05, 0.1) is 5.75 Å². The molecular weight excluding hydrogens is 198 g/mol. The molecule has 0 aromatic rings. The average Bonchev–Trinajstić information content (AvgIpc) is 2.39. The van der Waals surface area contributed by atoms with Crippen molar-refractivity contribution in [1.29, 1.82) is 0 Å². The van der Waals surface area contributed by atoms with Crippen LogP contribution in [-0.4, -0.2) is 30.6 Å². The van der Waals surface area contributed by atoms with E-state index in [9.17, 15) is 8.42 Å². The summed E-state index contributed by atoms with van der Waals surface area (Å²) in [4.78, 5) is 0. The molecule has 0 N–H and O–H groups in total. The van der Waals surface area contributed by atoms with Gasteiger partial charge in [0.1, 0.15) is 0 Å². The van der Waals surface area contributed by atoms with Gasteiger partial charge < -0.3 is 0 Å². The van der Waals surface area contributed by atoms with Crippen LogP contribution in [0.15, 0.2) is 12.2 Å². The molecule has 0 radical (unpaired) electrons. The van der Waals surface area contributed by atoms with Gasteiger partial charge in [-0.1, -0.05) is 19.1 Å². The molecule has 1 saturated heterocycles. The molecule has 4 heteroatoms. The molecule has 0 aromatic carbocycles. The maximum absolute atomic E-state index is 11.9. The third kappa shape index (κ3) is 1.61. The summed E-state index contributed by atoms with van der Waals surface area (Å²) >= 11 is 0. The van der Waals surface area contributed by atoms with Crippen molar-refractivity contribution in [2.45, 2.75) is 44.7 Å². The van der Waals surface area contributed by atoms with Crippen LogP contribution < -0.4 is 0 Å². The molecule has 3 nitrogen and oxygen atoms in total. The van der Waals surface area contributed by atoms with Crippen LogP contribution in [0, 0.1) is 0 Å². The van der Waals surface area contributed by atoms with E-state index in [4.69, 9.17) is 0 Å². The Morgan fingerprint density at radius 1 is 1.43 bits per heavy atom. The first-order valence-electron chi connectivity index (χ1n) is 5.33. The van der Waals surface area contributed by atoms with Crippen molar-refractivity contribution in [3.63, 3.8) is 0 Å². The predicted octanol–water partition coefficient (Wildman–Crippen LogP) is 1.52. The zero-order valence-electron chi connectivity index (χ0n) is 8.52. The molecule has 2 atom stereocenters. The molecule has 2 unspecified atom stereocenters. The first-order valence-corrected chi connectivity index (χ1v) is 6.94. The van der Waals surface area contributed by atoms with Gasteiger partial charge in [0.2, 0.25) is 10.0 Å². The maximum atomic E-state index is 11.9. The average molecular weight is 215 g/mol. The summed E-state index contributed by atoms with van der Waals surface area (Å²) in [6.45, 7) is 1.92. The molecule has 0 saturated carbocycles. The lowest BCUT2D eigenvalue weighted by Gasteiger charge is -2.30. The minimum atomic E-state index is -2.99. The molecule has 2 aliphatic heterocycles. The van der Waals surface area contributed by atoms with Gasteiger partial charge in [-0.25, -0.2) is 8.42 Å². The highest BCUT2D eigenvalue weighted by Crippen LogP contribution is 2.34. The summed E-state index contributed by atoms with van der Waals surface area (Å²) in [5.74, 6) is 0.299. The fraction of sp³-hybridized carbons (Fsp3) is 0.800. The normalized spacial score (nSPS) is 32.4. The quantitative estimate of drug-likeness (QED) is 0.669. The van der Waals surface area contributed by atoms with E-state index in [1.54, 1.807) is 4.31 Å². The molecule has 0 aliphatic carbocycles. The summed E-state index contributed by atoms with van der Waals surface area (Å²) in [6.07, 6.45) is 7.82. The Morgan fingerprint density at radius 2 is 2.21 bits per heavy atom. The van der Waals surface area contributed by atoms with Crippen LogP contribution in [-0.2, 0) is 10.0 Å². The molecule has 1 fully saturated rings. The van der Waals surface area contributed by atoms with E-state index in [-0.39, 0.29) is 12.1 Å². The molecule has 14 heavy (non-hydrogen) atoms. The number of sulfonamides is 1. The van der Waals surface area contributed by atoms with Gasteiger partial charge in [0.15, 0.2) is 0 Å². The smallest absolute Gasteiger partial charge is 0.212 e.